The molecule has 0 aliphatic heterocycles. The molecule has 4 aromatic heterocycles. The Balaban J connectivity index is 1.38. The lowest BCUT2D eigenvalue weighted by Gasteiger charge is -2.22. The first-order valence-corrected chi connectivity index (χ1v) is 19.2. The maximum absolute atomic E-state index is 15.7. The molecule has 0 unspecified atom stereocenters. The Hall–Kier alpha value is -7.78. The van der Waals surface area contributed by atoms with Crippen molar-refractivity contribution in [1.82, 2.24) is 39.0 Å². The van der Waals surface area contributed by atoms with Gasteiger partial charge in [-0.2, -0.15) is 18.4 Å². The minimum absolute atomic E-state index is 0.0678. The van der Waals surface area contributed by atoms with Gasteiger partial charge in [0.25, 0.3) is 0 Å². The average molecular weight is 792 g/mol. The normalized spacial score (nSPS) is 11.9. The summed E-state index contributed by atoms with van der Waals surface area (Å²) in [5.74, 6) is 3.20. The summed E-state index contributed by atoms with van der Waals surface area (Å²) in [5, 5.41) is 13.3. The summed E-state index contributed by atoms with van der Waals surface area (Å²) in [5.41, 5.74) is 4.65. The van der Waals surface area contributed by atoms with Gasteiger partial charge in [-0.15, -0.1) is 0 Å². The molecule has 6 aromatic carbocycles. The van der Waals surface area contributed by atoms with Crippen molar-refractivity contribution >= 4 is 43.6 Å². The molecule has 0 spiro atoms. The Morgan fingerprint density at radius 3 is 1.42 bits per heavy atom. The van der Waals surface area contributed by atoms with Crippen molar-refractivity contribution in [2.45, 2.75) is 33.9 Å². The summed E-state index contributed by atoms with van der Waals surface area (Å²) < 4.78 is 51.0. The first-order valence-electron chi connectivity index (χ1n) is 19.2. The third-order valence-corrected chi connectivity index (χ3v) is 10.8. The van der Waals surface area contributed by atoms with Crippen LogP contribution in [0.25, 0.3) is 88.9 Å². The largest absolute Gasteiger partial charge is 0.417 e. The number of halogens is 3. The summed E-state index contributed by atoms with van der Waals surface area (Å²) >= 11 is 0. The van der Waals surface area contributed by atoms with Crippen LogP contribution >= 0.6 is 0 Å². The Bertz CT molecular complexity index is 3410. The van der Waals surface area contributed by atoms with E-state index >= 15 is 13.2 Å². The quantitative estimate of drug-likeness (QED) is 0.171. The summed E-state index contributed by atoms with van der Waals surface area (Å²) in [6.07, 6.45) is -4.78. The van der Waals surface area contributed by atoms with Crippen LogP contribution in [0, 0.1) is 39.0 Å². The fourth-order valence-corrected chi connectivity index (χ4v) is 8.39. The van der Waals surface area contributed by atoms with E-state index in [0.29, 0.717) is 57.2 Å². The van der Waals surface area contributed by atoms with Crippen LogP contribution in [0.1, 0.15) is 34.4 Å². The van der Waals surface area contributed by atoms with Crippen molar-refractivity contribution in [2.75, 3.05) is 0 Å². The van der Waals surface area contributed by atoms with E-state index in [0.717, 1.165) is 38.1 Å². The molecule has 0 amide bonds. The smallest absolute Gasteiger partial charge is 0.307 e. The number of benzene rings is 6. The van der Waals surface area contributed by atoms with Crippen LogP contribution in [-0.2, 0) is 6.18 Å². The Kier molecular flexibility index (Phi) is 8.33. The first-order chi connectivity index (χ1) is 28.9. The second-order valence-electron chi connectivity index (χ2n) is 14.8. The highest BCUT2D eigenvalue weighted by molar-refractivity contribution is 6.12. The van der Waals surface area contributed by atoms with E-state index in [1.807, 2.05) is 108 Å². The van der Waals surface area contributed by atoms with Crippen molar-refractivity contribution in [1.29, 1.82) is 5.26 Å². The molecule has 0 N–H and O–H groups in total. The van der Waals surface area contributed by atoms with Gasteiger partial charge in [0.05, 0.1) is 50.6 Å². The third-order valence-electron chi connectivity index (χ3n) is 10.8. The molecule has 60 heavy (non-hydrogen) atoms. The minimum atomic E-state index is -4.78. The van der Waals surface area contributed by atoms with Gasteiger partial charge in [-0.25, -0.2) is 29.9 Å². The predicted octanol–water partition coefficient (Wildman–Crippen LogP) is 11.4. The number of fused-ring (bicyclic) bond motifs is 6. The number of aromatic nitrogens is 8. The highest BCUT2D eigenvalue weighted by Crippen LogP contribution is 2.45. The fourth-order valence-electron chi connectivity index (χ4n) is 8.39. The average Bonchev–Trinajstić information content (AvgIpc) is 3.74. The monoisotopic (exact) mass is 791 g/mol. The second-order valence-corrected chi connectivity index (χ2v) is 14.8. The number of hydrogen-bond acceptors (Lipinski definition) is 7. The lowest BCUT2D eigenvalue weighted by molar-refractivity contribution is -0.137. The lowest BCUT2D eigenvalue weighted by atomic mass is 9.95. The van der Waals surface area contributed by atoms with Crippen molar-refractivity contribution in [3.05, 3.63) is 156 Å². The van der Waals surface area contributed by atoms with E-state index in [-0.39, 0.29) is 22.4 Å². The number of nitrogens with zero attached hydrogens (tertiary/aromatic N) is 9. The molecule has 0 aliphatic carbocycles. The number of nitriles is 1. The molecule has 4 heterocycles. The first kappa shape index (κ1) is 36.6. The van der Waals surface area contributed by atoms with Gasteiger partial charge in [0, 0.05) is 32.7 Å². The van der Waals surface area contributed by atoms with Gasteiger partial charge < -0.3 is 9.13 Å². The van der Waals surface area contributed by atoms with Gasteiger partial charge in [0.1, 0.15) is 23.3 Å². The van der Waals surface area contributed by atoms with Gasteiger partial charge in [-0.3, -0.25) is 0 Å². The SMILES string of the molecule is Cc1nc(C)nc(-c2ccc3c4ccccc4n(-c4cc(-c5cccc(C#N)c5)c(C(F)(F)F)cc4-n4c5ccccc5c5ccc(-c6nc(C)nc(C)n6)cc54)c3c2)n1. The third kappa shape index (κ3) is 6.02. The molecule has 10 rings (SSSR count). The molecule has 0 fully saturated rings. The van der Waals surface area contributed by atoms with Crippen LogP contribution in [0.3, 0.4) is 0 Å². The second kappa shape index (κ2) is 13.7. The van der Waals surface area contributed by atoms with E-state index in [1.54, 1.807) is 38.1 Å². The Labute approximate surface area is 341 Å². The zero-order valence-electron chi connectivity index (χ0n) is 32.7. The van der Waals surface area contributed by atoms with E-state index in [2.05, 4.69) is 36.0 Å². The van der Waals surface area contributed by atoms with Gasteiger partial charge >= 0.3 is 6.18 Å². The zero-order chi connectivity index (χ0) is 41.4. The molecule has 290 valence electrons. The molecule has 0 radical (unpaired) electrons. The predicted molar refractivity (Wildman–Crippen MR) is 227 cm³/mol. The van der Waals surface area contributed by atoms with Crippen LogP contribution < -0.4 is 0 Å². The maximum atomic E-state index is 15.7. The maximum Gasteiger partial charge on any atom is 0.417 e. The molecular weight excluding hydrogens is 760 g/mol. The number of rotatable bonds is 5. The summed E-state index contributed by atoms with van der Waals surface area (Å²) in [6, 6.07) is 38.5. The van der Waals surface area contributed by atoms with E-state index < -0.39 is 11.7 Å². The zero-order valence-corrected chi connectivity index (χ0v) is 32.7. The summed E-state index contributed by atoms with van der Waals surface area (Å²) in [7, 11) is 0. The van der Waals surface area contributed by atoms with E-state index in [4.69, 9.17) is 0 Å². The van der Waals surface area contributed by atoms with Gasteiger partial charge in [-0.05, 0) is 87.4 Å². The topological polar surface area (TPSA) is 111 Å². The molecule has 12 heteroatoms. The summed E-state index contributed by atoms with van der Waals surface area (Å²) in [4.78, 5) is 27.3. The molecule has 0 saturated heterocycles. The molecular formula is C48H32F3N9. The molecule has 0 atom stereocenters. The molecule has 9 nitrogen and oxygen atoms in total. The van der Waals surface area contributed by atoms with E-state index in [1.165, 1.54) is 12.1 Å². The minimum Gasteiger partial charge on any atom is -0.307 e. The highest BCUT2D eigenvalue weighted by Gasteiger charge is 2.36. The molecule has 10 aromatic rings. The number of alkyl halides is 3. The number of hydrogen-bond donors (Lipinski definition) is 0. The number of aryl methyl sites for hydroxylation is 4. The van der Waals surface area contributed by atoms with Crippen LogP contribution in [0.5, 0.6) is 0 Å². The lowest BCUT2D eigenvalue weighted by Crippen LogP contribution is -2.12. The van der Waals surface area contributed by atoms with Gasteiger partial charge in [0.15, 0.2) is 11.6 Å². The van der Waals surface area contributed by atoms with Gasteiger partial charge in [0.2, 0.25) is 0 Å². The fraction of sp³-hybridized carbons (Fsp3) is 0.104. The van der Waals surface area contributed by atoms with Crippen molar-refractivity contribution in [2.24, 2.45) is 0 Å². The summed E-state index contributed by atoms with van der Waals surface area (Å²) in [6.45, 7) is 7.22. The van der Waals surface area contributed by atoms with Crippen molar-refractivity contribution < 1.29 is 13.2 Å². The standard InChI is InChI=1S/C48H32F3N9/c1-26-53-27(2)56-46(55-26)32-16-18-36-34-12-5-7-14-40(34)59(42(36)21-32)44-23-38(31-11-9-10-30(20-31)25-52)39(48(49,50)51)24-45(44)60-41-15-8-6-13-35(41)37-19-17-33(22-43(37)60)47-57-28(3)54-29(4)58-47/h5-24H,1-4H3. The van der Waals surface area contributed by atoms with Gasteiger partial charge in [-0.1, -0.05) is 72.8 Å². The molecule has 0 aliphatic rings. The van der Waals surface area contributed by atoms with Crippen LogP contribution in [0.15, 0.2) is 121 Å². The molecule has 0 saturated carbocycles. The van der Waals surface area contributed by atoms with Crippen LogP contribution in [0.4, 0.5) is 13.2 Å². The molecule has 0 bridgehead atoms. The van der Waals surface area contributed by atoms with Crippen molar-refractivity contribution in [3.8, 4) is 51.3 Å². The Morgan fingerprint density at radius 1 is 0.467 bits per heavy atom. The Morgan fingerprint density at radius 2 is 0.933 bits per heavy atom. The number of para-hydroxylation sites is 2. The van der Waals surface area contributed by atoms with Crippen molar-refractivity contribution in [3.63, 3.8) is 0 Å². The highest BCUT2D eigenvalue weighted by atomic mass is 19.4. The van der Waals surface area contributed by atoms with Crippen LogP contribution in [0.2, 0.25) is 0 Å². The van der Waals surface area contributed by atoms with Crippen LogP contribution in [-0.4, -0.2) is 39.0 Å². The van der Waals surface area contributed by atoms with E-state index in [9.17, 15) is 5.26 Å².